The molecule has 0 fully saturated rings. The Balaban J connectivity index is 1.74. The van der Waals surface area contributed by atoms with Gasteiger partial charge in [0.15, 0.2) is 0 Å². The number of aromatic nitrogens is 2. The number of carbonyl (C=O) groups excluding carboxylic acids is 1. The van der Waals surface area contributed by atoms with Crippen molar-refractivity contribution in [3.05, 3.63) is 69.3 Å². The van der Waals surface area contributed by atoms with Crippen LogP contribution in [0.25, 0.3) is 10.7 Å². The molecule has 0 spiro atoms. The molecule has 0 bridgehead atoms. The van der Waals surface area contributed by atoms with E-state index < -0.39 is 0 Å². The average Bonchev–Trinajstić information content (AvgIpc) is 2.95. The minimum absolute atomic E-state index is 0.109. The first-order valence-corrected chi connectivity index (χ1v) is 8.66. The van der Waals surface area contributed by atoms with Gasteiger partial charge in [-0.25, -0.2) is 4.98 Å². The van der Waals surface area contributed by atoms with Gasteiger partial charge in [0.1, 0.15) is 9.88 Å². The Kier molecular flexibility index (Phi) is 4.83. The highest BCUT2D eigenvalue weighted by Gasteiger charge is 2.16. The largest absolute Gasteiger partial charge is 0.347 e. The van der Waals surface area contributed by atoms with Gasteiger partial charge in [-0.2, -0.15) is 0 Å². The second-order valence-corrected chi connectivity index (χ2v) is 6.88. The number of benzene rings is 1. The number of thiazole rings is 1. The van der Waals surface area contributed by atoms with Gasteiger partial charge in [0.25, 0.3) is 5.91 Å². The summed E-state index contributed by atoms with van der Waals surface area (Å²) in [6.07, 6.45) is 1.72. The molecule has 1 amide bonds. The zero-order valence-electron chi connectivity index (χ0n) is 12.4. The van der Waals surface area contributed by atoms with E-state index in [2.05, 4.69) is 31.2 Å². The summed E-state index contributed by atoms with van der Waals surface area (Å²) >= 11 is 4.79. The van der Waals surface area contributed by atoms with Gasteiger partial charge in [0.2, 0.25) is 0 Å². The number of hydrogen-bond donors (Lipinski definition) is 1. The quantitative estimate of drug-likeness (QED) is 0.729. The van der Waals surface area contributed by atoms with Gasteiger partial charge in [-0.1, -0.05) is 34.1 Å². The summed E-state index contributed by atoms with van der Waals surface area (Å²) in [6, 6.07) is 13.5. The van der Waals surface area contributed by atoms with Crippen molar-refractivity contribution in [3.8, 4) is 10.7 Å². The van der Waals surface area contributed by atoms with Gasteiger partial charge in [0.05, 0.1) is 11.4 Å². The summed E-state index contributed by atoms with van der Waals surface area (Å²) < 4.78 is 0.996. The van der Waals surface area contributed by atoms with Crippen LogP contribution in [0.2, 0.25) is 0 Å². The number of aryl methyl sites for hydroxylation is 1. The lowest BCUT2D eigenvalue weighted by atomic mass is 10.2. The zero-order chi connectivity index (χ0) is 16.2. The fourth-order valence-electron chi connectivity index (χ4n) is 2.12. The molecule has 6 heteroatoms. The second-order valence-electron chi connectivity index (χ2n) is 4.96. The van der Waals surface area contributed by atoms with Crippen LogP contribution in [0.1, 0.15) is 20.9 Å². The standard InChI is InChI=1S/C17H14BrN3OS/c1-11-15(23-17(21-11)14-7-2-3-8-19-14)16(22)20-10-12-5-4-6-13(18)9-12/h2-9H,10H2,1H3,(H,20,22). The molecule has 116 valence electrons. The second kappa shape index (κ2) is 7.02. The van der Waals surface area contributed by atoms with Crippen LogP contribution >= 0.6 is 27.3 Å². The summed E-state index contributed by atoms with van der Waals surface area (Å²) in [5.41, 5.74) is 2.55. The first-order valence-electron chi connectivity index (χ1n) is 7.05. The highest BCUT2D eigenvalue weighted by Crippen LogP contribution is 2.26. The number of pyridine rings is 1. The van der Waals surface area contributed by atoms with Gasteiger partial charge < -0.3 is 5.32 Å². The molecule has 0 aliphatic rings. The van der Waals surface area contributed by atoms with Crippen LogP contribution in [0.4, 0.5) is 0 Å². The highest BCUT2D eigenvalue weighted by molar-refractivity contribution is 9.10. The van der Waals surface area contributed by atoms with Crippen LogP contribution in [-0.2, 0) is 6.54 Å². The van der Waals surface area contributed by atoms with Crippen LogP contribution in [0.3, 0.4) is 0 Å². The molecular formula is C17H14BrN3OS. The number of rotatable bonds is 4. The molecule has 0 aliphatic carbocycles. The molecule has 1 N–H and O–H groups in total. The van der Waals surface area contributed by atoms with Gasteiger partial charge in [0, 0.05) is 17.2 Å². The summed E-state index contributed by atoms with van der Waals surface area (Å²) in [5.74, 6) is -0.109. The highest BCUT2D eigenvalue weighted by atomic mass is 79.9. The molecule has 2 aromatic heterocycles. The Bertz CT molecular complexity index is 833. The minimum atomic E-state index is -0.109. The van der Waals surface area contributed by atoms with E-state index in [0.29, 0.717) is 11.4 Å². The van der Waals surface area contributed by atoms with Gasteiger partial charge in [-0.15, -0.1) is 11.3 Å². The maximum absolute atomic E-state index is 12.4. The summed E-state index contributed by atoms with van der Waals surface area (Å²) in [7, 11) is 0. The normalized spacial score (nSPS) is 10.5. The van der Waals surface area contributed by atoms with Crippen molar-refractivity contribution in [2.75, 3.05) is 0 Å². The van der Waals surface area contributed by atoms with E-state index in [4.69, 9.17) is 0 Å². The average molecular weight is 388 g/mol. The minimum Gasteiger partial charge on any atom is -0.347 e. The third kappa shape index (κ3) is 3.83. The molecule has 0 unspecified atom stereocenters. The van der Waals surface area contributed by atoms with Crippen LogP contribution in [0.15, 0.2) is 53.1 Å². The molecule has 2 heterocycles. The molecule has 3 aromatic rings. The van der Waals surface area contributed by atoms with Crippen molar-refractivity contribution < 1.29 is 4.79 Å². The fourth-order valence-corrected chi connectivity index (χ4v) is 3.52. The number of nitrogens with zero attached hydrogens (tertiary/aromatic N) is 2. The Hall–Kier alpha value is -2.05. The molecular weight excluding hydrogens is 374 g/mol. The van der Waals surface area contributed by atoms with E-state index in [1.54, 1.807) is 6.20 Å². The zero-order valence-corrected chi connectivity index (χ0v) is 14.8. The van der Waals surface area contributed by atoms with Gasteiger partial charge >= 0.3 is 0 Å². The predicted molar refractivity (Wildman–Crippen MR) is 95.4 cm³/mol. The fraction of sp³-hybridized carbons (Fsp3) is 0.118. The van der Waals surface area contributed by atoms with Crippen molar-refractivity contribution in [1.82, 2.24) is 15.3 Å². The van der Waals surface area contributed by atoms with E-state index in [1.807, 2.05) is 49.4 Å². The van der Waals surface area contributed by atoms with Crippen molar-refractivity contribution in [2.24, 2.45) is 0 Å². The number of carbonyl (C=O) groups is 1. The summed E-state index contributed by atoms with van der Waals surface area (Å²) in [5, 5.41) is 3.70. The molecule has 23 heavy (non-hydrogen) atoms. The van der Waals surface area contributed by atoms with E-state index in [9.17, 15) is 4.79 Å². The van der Waals surface area contributed by atoms with Gasteiger partial charge in [-0.3, -0.25) is 9.78 Å². The van der Waals surface area contributed by atoms with Crippen LogP contribution < -0.4 is 5.32 Å². The Morgan fingerprint density at radius 1 is 1.26 bits per heavy atom. The molecule has 0 radical (unpaired) electrons. The van der Waals surface area contributed by atoms with Crippen molar-refractivity contribution in [2.45, 2.75) is 13.5 Å². The lowest BCUT2D eigenvalue weighted by molar-refractivity contribution is 0.0954. The molecule has 4 nitrogen and oxygen atoms in total. The number of halogens is 1. The summed E-state index contributed by atoms with van der Waals surface area (Å²) in [6.45, 7) is 2.32. The van der Waals surface area contributed by atoms with Gasteiger partial charge in [-0.05, 0) is 36.8 Å². The molecule has 1 aromatic carbocycles. The van der Waals surface area contributed by atoms with E-state index in [-0.39, 0.29) is 5.91 Å². The number of hydrogen-bond acceptors (Lipinski definition) is 4. The lowest BCUT2D eigenvalue weighted by Gasteiger charge is -2.04. The van der Waals surface area contributed by atoms with Crippen LogP contribution in [0.5, 0.6) is 0 Å². The Morgan fingerprint density at radius 3 is 2.87 bits per heavy atom. The van der Waals surface area contributed by atoms with E-state index >= 15 is 0 Å². The maximum Gasteiger partial charge on any atom is 0.263 e. The molecule has 3 rings (SSSR count). The predicted octanol–water partition coefficient (Wildman–Crippen LogP) is 4.21. The van der Waals surface area contributed by atoms with E-state index in [1.165, 1.54) is 11.3 Å². The SMILES string of the molecule is Cc1nc(-c2ccccn2)sc1C(=O)NCc1cccc(Br)c1. The Labute approximate surface area is 146 Å². The van der Waals surface area contributed by atoms with Crippen LogP contribution in [-0.4, -0.2) is 15.9 Å². The first kappa shape index (κ1) is 15.8. The first-order chi connectivity index (χ1) is 11.1. The van der Waals surface area contributed by atoms with Crippen molar-refractivity contribution >= 4 is 33.2 Å². The molecule has 0 saturated heterocycles. The third-order valence-electron chi connectivity index (χ3n) is 3.23. The Morgan fingerprint density at radius 2 is 2.13 bits per heavy atom. The van der Waals surface area contributed by atoms with E-state index in [0.717, 1.165) is 26.4 Å². The maximum atomic E-state index is 12.4. The van der Waals surface area contributed by atoms with Crippen molar-refractivity contribution in [1.29, 1.82) is 0 Å². The number of amides is 1. The molecule has 0 atom stereocenters. The topological polar surface area (TPSA) is 54.9 Å². The third-order valence-corrected chi connectivity index (χ3v) is 4.90. The van der Waals surface area contributed by atoms with Crippen molar-refractivity contribution in [3.63, 3.8) is 0 Å². The van der Waals surface area contributed by atoms with Crippen LogP contribution in [0, 0.1) is 6.92 Å². The smallest absolute Gasteiger partial charge is 0.263 e. The molecule has 0 aliphatic heterocycles. The summed E-state index contributed by atoms with van der Waals surface area (Å²) in [4.78, 5) is 21.8. The molecule has 0 saturated carbocycles. The monoisotopic (exact) mass is 387 g/mol. The number of nitrogens with one attached hydrogen (secondary N) is 1. The lowest BCUT2D eigenvalue weighted by Crippen LogP contribution is -2.22.